The van der Waals surface area contributed by atoms with Crippen LogP contribution in [0.15, 0.2) is 112 Å². The lowest BCUT2D eigenvalue weighted by Gasteiger charge is -2.16. The van der Waals surface area contributed by atoms with E-state index in [4.69, 9.17) is 9.47 Å². The summed E-state index contributed by atoms with van der Waals surface area (Å²) in [5.41, 5.74) is 7.07. The van der Waals surface area contributed by atoms with Crippen molar-refractivity contribution in [3.63, 3.8) is 0 Å². The summed E-state index contributed by atoms with van der Waals surface area (Å²) in [4.78, 5) is 12.4. The molecule has 12 nitrogen and oxygen atoms in total. The number of anilines is 2. The normalized spacial score (nSPS) is 11.5. The van der Waals surface area contributed by atoms with Crippen LogP contribution in [0.25, 0.3) is 10.8 Å². The molecule has 6 rings (SSSR count). The van der Waals surface area contributed by atoms with E-state index < -0.39 is 10.0 Å². The van der Waals surface area contributed by atoms with Crippen molar-refractivity contribution in [2.24, 2.45) is 10.2 Å². The number of fused-ring (bicyclic) bond motifs is 1. The summed E-state index contributed by atoms with van der Waals surface area (Å²) in [7, 11) is -2.62. The number of ether oxygens (including phenoxy) is 2. The molecule has 0 aromatic heterocycles. The molecule has 13 heteroatoms. The maximum atomic E-state index is 14.1. The Kier molecular flexibility index (Phi) is 12.9. The molecule has 0 atom stereocenters. The lowest BCUT2D eigenvalue weighted by Crippen LogP contribution is -2.14. The Morgan fingerprint density at radius 2 is 1.54 bits per heavy atom. The number of carbonyl (C=O) groups excluding carboxylic acids is 1. The Balaban J connectivity index is 1.34. The predicted octanol–water partition coefficient (Wildman–Crippen LogP) is 9.82. The van der Waals surface area contributed by atoms with E-state index in [1.807, 2.05) is 51.1 Å². The number of sulfonamides is 1. The van der Waals surface area contributed by atoms with E-state index in [0.29, 0.717) is 37.4 Å². The quantitative estimate of drug-likeness (QED) is 0.0449. The number of carbonyl (C=O) groups is 1. The second-order valence-electron chi connectivity index (χ2n) is 14.2. The fourth-order valence-corrected chi connectivity index (χ4v) is 7.75. The molecule has 59 heavy (non-hydrogen) atoms. The van der Waals surface area contributed by atoms with E-state index in [1.54, 1.807) is 68.6 Å². The van der Waals surface area contributed by atoms with Gasteiger partial charge in [0.15, 0.2) is 0 Å². The SMILES string of the molecule is CCC(=O)Nc1cc(N=Nc2ccc(C)cc2C#N)c2c(NS(=O)(=O)c3cccc(Cc4ccc(OCCOC)c(Cc5cc(C)c(C)cc5O)c4)c3)cccc2c1O. The molecular formula is C46H45N5O7S. The smallest absolute Gasteiger partial charge is 0.261 e. The number of nitriles is 1. The number of aromatic hydroxyl groups is 2. The largest absolute Gasteiger partial charge is 0.508 e. The van der Waals surface area contributed by atoms with Crippen molar-refractivity contribution in [1.82, 2.24) is 0 Å². The average Bonchev–Trinajstić information content (AvgIpc) is 3.21. The van der Waals surface area contributed by atoms with Crippen molar-refractivity contribution < 1.29 is 32.9 Å². The van der Waals surface area contributed by atoms with E-state index in [9.17, 15) is 28.7 Å². The van der Waals surface area contributed by atoms with Crippen LogP contribution in [-0.2, 0) is 32.4 Å². The van der Waals surface area contributed by atoms with Gasteiger partial charge in [-0.05, 0) is 115 Å². The van der Waals surface area contributed by atoms with Gasteiger partial charge in [0.05, 0.1) is 34.1 Å². The fourth-order valence-electron chi connectivity index (χ4n) is 6.61. The molecule has 1 amide bonds. The highest BCUT2D eigenvalue weighted by Crippen LogP contribution is 2.44. The third-order valence-corrected chi connectivity index (χ3v) is 11.2. The number of nitrogens with zero attached hydrogens (tertiary/aromatic N) is 3. The zero-order valence-electron chi connectivity index (χ0n) is 33.5. The van der Waals surface area contributed by atoms with Gasteiger partial charge in [-0.25, -0.2) is 8.42 Å². The number of nitrogens with one attached hydrogen (secondary N) is 2. The van der Waals surface area contributed by atoms with Crippen molar-refractivity contribution in [2.75, 3.05) is 30.4 Å². The molecule has 4 N–H and O–H groups in total. The van der Waals surface area contributed by atoms with Crippen molar-refractivity contribution in [2.45, 2.75) is 51.9 Å². The molecule has 0 saturated carbocycles. The van der Waals surface area contributed by atoms with E-state index in [1.165, 1.54) is 12.1 Å². The zero-order valence-corrected chi connectivity index (χ0v) is 34.3. The molecule has 6 aromatic carbocycles. The number of azo groups is 1. The number of methoxy groups -OCH3 is 1. The van der Waals surface area contributed by atoms with Crippen LogP contribution in [-0.4, -0.2) is 44.9 Å². The molecule has 0 aliphatic heterocycles. The first-order valence-corrected chi connectivity index (χ1v) is 20.4. The Bertz CT molecular complexity index is 2740. The van der Waals surface area contributed by atoms with Crippen LogP contribution in [0.5, 0.6) is 17.2 Å². The third kappa shape index (κ3) is 9.87. The lowest BCUT2D eigenvalue weighted by atomic mass is 9.96. The highest BCUT2D eigenvalue weighted by molar-refractivity contribution is 7.92. The van der Waals surface area contributed by atoms with E-state index in [0.717, 1.165) is 38.9 Å². The minimum Gasteiger partial charge on any atom is -0.508 e. The summed E-state index contributed by atoms with van der Waals surface area (Å²) in [6.45, 7) is 8.22. The molecule has 0 spiro atoms. The van der Waals surface area contributed by atoms with Crippen molar-refractivity contribution in [1.29, 1.82) is 5.26 Å². The molecule has 302 valence electrons. The standard InChI is InChI=1S/C46H45N5O7S/c1-6-44(53)48-41-26-40(50-49-38-15-13-28(2)19-35(38)27-47)45-37(46(41)54)11-8-12-39(45)51-59(55,56)36-10-7-9-31(24-36)22-32-14-16-43(58-18-17-57-5)34(23-32)25-33-20-29(3)30(4)21-42(33)52/h7-16,19-21,23-24,26,51-52,54H,6,17-18,22,25H2,1-5H3,(H,48,53). The second kappa shape index (κ2) is 18.2. The maximum Gasteiger partial charge on any atom is 0.261 e. The maximum absolute atomic E-state index is 14.1. The van der Waals surface area contributed by atoms with Gasteiger partial charge in [-0.1, -0.05) is 55.5 Å². The Morgan fingerprint density at radius 3 is 2.31 bits per heavy atom. The summed E-state index contributed by atoms with van der Waals surface area (Å²) >= 11 is 0. The second-order valence-corrected chi connectivity index (χ2v) is 15.9. The van der Waals surface area contributed by atoms with Crippen molar-refractivity contribution >= 4 is 49.5 Å². The average molecular weight is 812 g/mol. The number of benzene rings is 6. The third-order valence-electron chi connectivity index (χ3n) is 9.85. The topological polar surface area (TPSA) is 183 Å². The first-order chi connectivity index (χ1) is 28.3. The highest BCUT2D eigenvalue weighted by Gasteiger charge is 2.21. The lowest BCUT2D eigenvalue weighted by molar-refractivity contribution is -0.115. The van der Waals surface area contributed by atoms with Gasteiger partial charge in [0.2, 0.25) is 5.91 Å². The molecule has 0 heterocycles. The number of phenolic OH excluding ortho intramolecular Hbond substituents is 2. The number of hydrogen-bond donors (Lipinski definition) is 4. The first kappa shape index (κ1) is 41.9. The molecule has 0 saturated heterocycles. The van der Waals surface area contributed by atoms with Crippen LogP contribution in [0.3, 0.4) is 0 Å². The van der Waals surface area contributed by atoms with Gasteiger partial charge in [0.1, 0.15) is 35.6 Å². The minimum absolute atomic E-state index is 0.00402. The van der Waals surface area contributed by atoms with Crippen LogP contribution >= 0.6 is 0 Å². The highest BCUT2D eigenvalue weighted by atomic mass is 32.2. The van der Waals surface area contributed by atoms with Gasteiger partial charge in [-0.15, -0.1) is 10.2 Å². The zero-order chi connectivity index (χ0) is 42.3. The van der Waals surface area contributed by atoms with Gasteiger partial charge in [0, 0.05) is 30.7 Å². The van der Waals surface area contributed by atoms with Gasteiger partial charge in [-0.2, -0.15) is 5.26 Å². The van der Waals surface area contributed by atoms with Gasteiger partial charge in [-0.3, -0.25) is 9.52 Å². The van der Waals surface area contributed by atoms with Gasteiger partial charge in [0.25, 0.3) is 10.0 Å². The summed E-state index contributed by atoms with van der Waals surface area (Å²) in [6.07, 6.45) is 0.965. The van der Waals surface area contributed by atoms with Crippen LogP contribution in [0, 0.1) is 32.1 Å². The Labute approximate surface area is 343 Å². The van der Waals surface area contributed by atoms with Crippen LogP contribution in [0.4, 0.5) is 22.7 Å². The van der Waals surface area contributed by atoms with E-state index in [-0.39, 0.29) is 62.2 Å². The molecule has 0 fully saturated rings. The van der Waals surface area contributed by atoms with Crippen LogP contribution in [0.1, 0.15) is 57.9 Å². The molecule has 6 aromatic rings. The number of hydrogen-bond acceptors (Lipinski definition) is 10. The fraction of sp³-hybridized carbons (Fsp3) is 0.217. The van der Waals surface area contributed by atoms with Gasteiger partial charge < -0.3 is 25.0 Å². The number of aryl methyl sites for hydroxylation is 3. The molecule has 0 aliphatic carbocycles. The van der Waals surface area contributed by atoms with Gasteiger partial charge >= 0.3 is 0 Å². The monoisotopic (exact) mass is 811 g/mol. The number of rotatable bonds is 15. The van der Waals surface area contributed by atoms with Crippen molar-refractivity contribution in [3.8, 4) is 23.3 Å². The molecule has 0 aliphatic rings. The molecule has 0 radical (unpaired) electrons. The summed E-state index contributed by atoms with van der Waals surface area (Å²) in [5, 5.41) is 43.7. The van der Waals surface area contributed by atoms with E-state index in [2.05, 4.69) is 26.3 Å². The Morgan fingerprint density at radius 1 is 0.797 bits per heavy atom. The Hall–Kier alpha value is -6.75. The molecule has 0 bridgehead atoms. The van der Waals surface area contributed by atoms with E-state index >= 15 is 0 Å². The summed E-state index contributed by atoms with van der Waals surface area (Å²) in [5.74, 6) is 0.228. The number of amides is 1. The summed E-state index contributed by atoms with van der Waals surface area (Å²) < 4.78 is 42.2. The van der Waals surface area contributed by atoms with Crippen LogP contribution in [0.2, 0.25) is 0 Å². The van der Waals surface area contributed by atoms with Crippen molar-refractivity contribution in [3.05, 3.63) is 142 Å². The minimum atomic E-state index is -4.22. The first-order valence-electron chi connectivity index (χ1n) is 19.0. The number of phenols is 2. The molecule has 0 unspecified atom stereocenters. The molecular weight excluding hydrogens is 767 g/mol. The summed E-state index contributed by atoms with van der Waals surface area (Å²) in [6, 6.07) is 29.5. The predicted molar refractivity (Wildman–Crippen MR) is 229 cm³/mol. The van der Waals surface area contributed by atoms with Crippen LogP contribution < -0.4 is 14.8 Å².